The summed E-state index contributed by atoms with van der Waals surface area (Å²) >= 11 is 0. The number of hydrogen-bond acceptors (Lipinski definition) is 4. The summed E-state index contributed by atoms with van der Waals surface area (Å²) in [5, 5.41) is 11.7. The van der Waals surface area contributed by atoms with E-state index in [4.69, 9.17) is 5.26 Å². The fraction of sp³-hybridized carbons (Fsp3) is 0.360. The number of para-hydroxylation sites is 1. The van der Waals surface area contributed by atoms with E-state index in [0.29, 0.717) is 11.3 Å². The van der Waals surface area contributed by atoms with Crippen molar-refractivity contribution in [3.05, 3.63) is 65.7 Å². The molecule has 0 bridgehead atoms. The fourth-order valence-corrected chi connectivity index (χ4v) is 3.73. The van der Waals surface area contributed by atoms with Crippen molar-refractivity contribution in [1.82, 2.24) is 10.2 Å². The Morgan fingerprint density at radius 3 is 2.28 bits per heavy atom. The molecule has 3 rings (SSSR count). The Kier molecular flexibility index (Phi) is 6.35. The highest BCUT2D eigenvalue weighted by Crippen LogP contribution is 2.31. The van der Waals surface area contributed by atoms with Crippen LogP contribution in [-0.4, -0.2) is 35.8 Å². The highest BCUT2D eigenvalue weighted by molar-refractivity contribution is 6.10. The van der Waals surface area contributed by atoms with Crippen molar-refractivity contribution in [2.75, 3.05) is 18.0 Å². The molecule has 7 nitrogen and oxygen atoms in total. The fourth-order valence-electron chi connectivity index (χ4n) is 3.73. The maximum atomic E-state index is 13.2. The van der Waals surface area contributed by atoms with E-state index in [1.165, 1.54) is 4.90 Å². The Morgan fingerprint density at radius 2 is 1.72 bits per heavy atom. The van der Waals surface area contributed by atoms with Gasteiger partial charge in [0.05, 0.1) is 12.5 Å². The van der Waals surface area contributed by atoms with Crippen molar-refractivity contribution in [1.29, 1.82) is 5.26 Å². The molecule has 1 saturated heterocycles. The first-order valence-corrected chi connectivity index (χ1v) is 10.6. The lowest BCUT2D eigenvalue weighted by atomic mass is 9.84. The number of hydrogen-bond donors (Lipinski definition) is 1. The van der Waals surface area contributed by atoms with Crippen molar-refractivity contribution in [2.45, 2.75) is 45.1 Å². The van der Waals surface area contributed by atoms with E-state index >= 15 is 0 Å². The second kappa shape index (κ2) is 8.83. The van der Waals surface area contributed by atoms with Gasteiger partial charge in [0, 0.05) is 12.2 Å². The highest BCUT2D eigenvalue weighted by Gasteiger charge is 2.49. The maximum Gasteiger partial charge on any atom is 0.325 e. The van der Waals surface area contributed by atoms with Crippen LogP contribution >= 0.6 is 0 Å². The zero-order chi connectivity index (χ0) is 23.5. The Balaban J connectivity index is 1.82. The number of carbonyl (C=O) groups excluding carboxylic acids is 3. The molecule has 1 heterocycles. The Labute approximate surface area is 188 Å². The molecular formula is C25H28N4O3. The Bertz CT molecular complexity index is 1050. The molecule has 2 aromatic rings. The lowest BCUT2D eigenvalue weighted by molar-refractivity contribution is -0.134. The summed E-state index contributed by atoms with van der Waals surface area (Å²) in [7, 11) is 0. The smallest absolute Gasteiger partial charge is 0.319 e. The second-order valence-electron chi connectivity index (χ2n) is 9.06. The van der Waals surface area contributed by atoms with Gasteiger partial charge in [-0.3, -0.25) is 14.5 Å². The molecule has 1 unspecified atom stereocenters. The highest BCUT2D eigenvalue weighted by atomic mass is 16.2. The molecule has 0 saturated carbocycles. The number of benzene rings is 2. The number of rotatable bonds is 6. The number of nitrogens with one attached hydrogen (secondary N) is 1. The summed E-state index contributed by atoms with van der Waals surface area (Å²) in [5.74, 6) is -0.907. The van der Waals surface area contributed by atoms with E-state index in [9.17, 15) is 14.4 Å². The lowest BCUT2D eigenvalue weighted by Crippen LogP contribution is -2.45. The number of nitrogens with zero attached hydrogens (tertiary/aromatic N) is 3. The molecule has 7 heteroatoms. The molecule has 0 radical (unpaired) electrons. The standard InChI is InChI=1S/C25H28N4O3/c1-24(2,3)18-11-13-19(14-12-18)25(4)22(31)29(23(32)27-25)17-21(30)28(16-8-15-26)20-9-6-5-7-10-20/h5-7,9-14H,8,16-17H2,1-4H3,(H,27,32). The summed E-state index contributed by atoms with van der Waals surface area (Å²) in [6.07, 6.45) is 0.138. The molecule has 0 aromatic heterocycles. The van der Waals surface area contributed by atoms with E-state index < -0.39 is 29.9 Å². The summed E-state index contributed by atoms with van der Waals surface area (Å²) in [5.41, 5.74) is 1.09. The van der Waals surface area contributed by atoms with E-state index in [0.717, 1.165) is 10.5 Å². The molecule has 1 aliphatic rings. The average molecular weight is 433 g/mol. The number of anilines is 1. The third-order valence-electron chi connectivity index (χ3n) is 5.71. The van der Waals surface area contributed by atoms with Crippen LogP contribution in [0.15, 0.2) is 54.6 Å². The van der Waals surface area contributed by atoms with E-state index in [1.54, 1.807) is 31.2 Å². The molecule has 166 valence electrons. The van der Waals surface area contributed by atoms with E-state index in [1.807, 2.05) is 36.4 Å². The number of amides is 4. The van der Waals surface area contributed by atoms with Gasteiger partial charge in [0.25, 0.3) is 5.91 Å². The first kappa shape index (κ1) is 23.0. The number of urea groups is 1. The maximum absolute atomic E-state index is 13.2. The van der Waals surface area contributed by atoms with Crippen molar-refractivity contribution in [2.24, 2.45) is 0 Å². The summed E-state index contributed by atoms with van der Waals surface area (Å²) in [6, 6.07) is 17.9. The topological polar surface area (TPSA) is 93.5 Å². The molecule has 1 atom stereocenters. The van der Waals surface area contributed by atoms with Gasteiger partial charge < -0.3 is 10.2 Å². The minimum atomic E-state index is -1.25. The minimum absolute atomic E-state index is 0.0366. The third kappa shape index (κ3) is 4.50. The van der Waals surface area contributed by atoms with Crippen molar-refractivity contribution < 1.29 is 14.4 Å². The summed E-state index contributed by atoms with van der Waals surface area (Å²) in [6.45, 7) is 7.72. The van der Waals surface area contributed by atoms with Gasteiger partial charge >= 0.3 is 6.03 Å². The average Bonchev–Trinajstić information content (AvgIpc) is 2.98. The van der Waals surface area contributed by atoms with Crippen LogP contribution in [-0.2, 0) is 20.5 Å². The van der Waals surface area contributed by atoms with E-state index in [-0.39, 0.29) is 18.4 Å². The van der Waals surface area contributed by atoms with Gasteiger partial charge in [-0.1, -0.05) is 63.2 Å². The molecule has 32 heavy (non-hydrogen) atoms. The van der Waals surface area contributed by atoms with Crippen molar-refractivity contribution in [3.63, 3.8) is 0 Å². The second-order valence-corrected chi connectivity index (χ2v) is 9.06. The van der Waals surface area contributed by atoms with E-state index in [2.05, 4.69) is 26.1 Å². The molecule has 1 N–H and O–H groups in total. The third-order valence-corrected chi connectivity index (χ3v) is 5.71. The van der Waals surface area contributed by atoms with Gasteiger partial charge in [0.2, 0.25) is 5.91 Å². The van der Waals surface area contributed by atoms with Gasteiger partial charge in [0.1, 0.15) is 12.1 Å². The van der Waals surface area contributed by atoms with Crippen molar-refractivity contribution in [3.8, 4) is 6.07 Å². The van der Waals surface area contributed by atoms with Gasteiger partial charge in [0.15, 0.2) is 0 Å². The van der Waals surface area contributed by atoms with Crippen LogP contribution in [0.3, 0.4) is 0 Å². The first-order valence-electron chi connectivity index (χ1n) is 10.6. The van der Waals surface area contributed by atoms with Crippen LogP contribution in [0, 0.1) is 11.3 Å². The van der Waals surface area contributed by atoms with Crippen LogP contribution in [0.25, 0.3) is 0 Å². The molecule has 1 fully saturated rings. The molecule has 2 aromatic carbocycles. The molecular weight excluding hydrogens is 404 g/mol. The number of nitriles is 1. The zero-order valence-corrected chi connectivity index (χ0v) is 18.9. The van der Waals surface area contributed by atoms with Gasteiger partial charge in [-0.2, -0.15) is 5.26 Å². The Hall–Kier alpha value is -3.66. The van der Waals surface area contributed by atoms with Crippen LogP contribution in [0.1, 0.15) is 45.2 Å². The molecule has 1 aliphatic heterocycles. The predicted molar refractivity (Wildman–Crippen MR) is 122 cm³/mol. The van der Waals surface area contributed by atoms with Crippen LogP contribution < -0.4 is 10.2 Å². The zero-order valence-electron chi connectivity index (χ0n) is 18.9. The van der Waals surface area contributed by atoms with Gasteiger partial charge in [-0.15, -0.1) is 0 Å². The number of carbonyl (C=O) groups is 3. The molecule has 4 amide bonds. The van der Waals surface area contributed by atoms with Gasteiger partial charge in [-0.05, 0) is 35.6 Å². The van der Waals surface area contributed by atoms with Crippen LogP contribution in [0.5, 0.6) is 0 Å². The largest absolute Gasteiger partial charge is 0.325 e. The van der Waals surface area contributed by atoms with Crippen LogP contribution in [0.2, 0.25) is 0 Å². The summed E-state index contributed by atoms with van der Waals surface area (Å²) < 4.78 is 0. The summed E-state index contributed by atoms with van der Waals surface area (Å²) in [4.78, 5) is 41.3. The quantitative estimate of drug-likeness (QED) is 0.705. The monoisotopic (exact) mass is 432 g/mol. The number of imide groups is 1. The van der Waals surface area contributed by atoms with Crippen molar-refractivity contribution >= 4 is 23.5 Å². The predicted octanol–water partition coefficient (Wildman–Crippen LogP) is 3.70. The normalized spacial score (nSPS) is 18.3. The Morgan fingerprint density at radius 1 is 1.09 bits per heavy atom. The molecule has 0 aliphatic carbocycles. The lowest BCUT2D eigenvalue weighted by Gasteiger charge is -2.26. The molecule has 0 spiro atoms. The van der Waals surface area contributed by atoms with Crippen LogP contribution in [0.4, 0.5) is 10.5 Å². The first-order chi connectivity index (χ1) is 15.1. The SMILES string of the molecule is CC(C)(C)c1ccc(C2(C)NC(=O)N(CC(=O)N(CCC#N)c3ccccc3)C2=O)cc1. The minimum Gasteiger partial charge on any atom is -0.319 e. The van der Waals surface area contributed by atoms with Gasteiger partial charge in [-0.25, -0.2) is 4.79 Å².